The molecule has 0 unspecified atom stereocenters. The number of H-pyrrole nitrogens is 1. The Bertz CT molecular complexity index is 1270. The molecule has 0 aliphatic carbocycles. The number of nitrogens with one attached hydrogen (secondary N) is 1. The minimum atomic E-state index is 0.690. The Kier molecular flexibility index (Phi) is 4.30. The van der Waals surface area contributed by atoms with Crippen LogP contribution in [0, 0.1) is 6.92 Å². The molecule has 0 fully saturated rings. The Morgan fingerprint density at radius 1 is 0.966 bits per heavy atom. The predicted octanol–water partition coefficient (Wildman–Crippen LogP) is 6.15. The lowest BCUT2D eigenvalue weighted by molar-refractivity contribution is 0.546. The number of rotatable bonds is 4. The average molecular weight is 401 g/mol. The number of benzene rings is 2. The van der Waals surface area contributed by atoms with Crippen molar-refractivity contribution in [3.8, 4) is 39.7 Å². The van der Waals surface area contributed by atoms with Crippen LogP contribution in [-0.4, -0.2) is 20.0 Å². The van der Waals surface area contributed by atoms with E-state index in [1.54, 1.807) is 0 Å². The molecular formula is C23H17ClN4O. The van der Waals surface area contributed by atoms with E-state index in [2.05, 4.69) is 10.2 Å². The van der Waals surface area contributed by atoms with Crippen LogP contribution in [0.25, 0.3) is 39.7 Å². The number of halogens is 1. The lowest BCUT2D eigenvalue weighted by atomic mass is 10.1. The molecule has 5 aromatic rings. The summed E-state index contributed by atoms with van der Waals surface area (Å²) in [6.45, 7) is 1.92. The lowest BCUT2D eigenvalue weighted by Gasteiger charge is -2.01. The Labute approximate surface area is 172 Å². The third kappa shape index (κ3) is 3.37. The van der Waals surface area contributed by atoms with Crippen molar-refractivity contribution >= 4 is 11.6 Å². The summed E-state index contributed by atoms with van der Waals surface area (Å²) in [4.78, 5) is 0. The molecule has 0 amide bonds. The van der Waals surface area contributed by atoms with E-state index in [1.165, 1.54) is 0 Å². The Morgan fingerprint density at radius 2 is 1.76 bits per heavy atom. The van der Waals surface area contributed by atoms with E-state index >= 15 is 0 Å². The summed E-state index contributed by atoms with van der Waals surface area (Å²) in [5.74, 6) is 1.62. The van der Waals surface area contributed by atoms with Crippen molar-refractivity contribution in [2.24, 2.45) is 0 Å². The molecule has 0 saturated heterocycles. The zero-order chi connectivity index (χ0) is 19.8. The van der Waals surface area contributed by atoms with Crippen LogP contribution in [0.15, 0.2) is 83.4 Å². The molecule has 2 aromatic carbocycles. The highest BCUT2D eigenvalue weighted by Crippen LogP contribution is 2.33. The molecule has 1 N–H and O–H groups in total. The minimum Gasteiger partial charge on any atom is -0.460 e. The molecule has 6 heteroatoms. The molecule has 3 aromatic heterocycles. The third-order valence-corrected chi connectivity index (χ3v) is 4.96. The molecule has 142 valence electrons. The van der Waals surface area contributed by atoms with Gasteiger partial charge in [0.05, 0.1) is 11.4 Å². The van der Waals surface area contributed by atoms with Gasteiger partial charge >= 0.3 is 0 Å². The summed E-state index contributed by atoms with van der Waals surface area (Å²) in [6.07, 6.45) is 1.99. The molecule has 0 radical (unpaired) electrons. The van der Waals surface area contributed by atoms with Crippen molar-refractivity contribution in [3.63, 3.8) is 0 Å². The summed E-state index contributed by atoms with van der Waals surface area (Å²) in [5, 5.41) is 13.1. The highest BCUT2D eigenvalue weighted by molar-refractivity contribution is 6.30. The fraction of sp³-hybridized carbons (Fsp3) is 0.0435. The molecule has 0 spiro atoms. The second-order valence-electron chi connectivity index (χ2n) is 6.76. The van der Waals surface area contributed by atoms with Crippen molar-refractivity contribution in [1.82, 2.24) is 20.0 Å². The molecule has 0 saturated carbocycles. The highest BCUT2D eigenvalue weighted by Gasteiger charge is 2.17. The van der Waals surface area contributed by atoms with Crippen molar-refractivity contribution in [1.29, 1.82) is 0 Å². The second kappa shape index (κ2) is 7.11. The fourth-order valence-electron chi connectivity index (χ4n) is 3.26. The van der Waals surface area contributed by atoms with Gasteiger partial charge in [-0.15, -0.1) is 0 Å². The van der Waals surface area contributed by atoms with Crippen molar-refractivity contribution < 1.29 is 4.42 Å². The zero-order valence-corrected chi connectivity index (χ0v) is 16.4. The van der Waals surface area contributed by atoms with Crippen LogP contribution < -0.4 is 0 Å². The van der Waals surface area contributed by atoms with E-state index in [0.29, 0.717) is 5.02 Å². The van der Waals surface area contributed by atoms with Gasteiger partial charge in [0.25, 0.3) is 0 Å². The smallest absolute Gasteiger partial charge is 0.152 e. The highest BCUT2D eigenvalue weighted by atomic mass is 35.5. The topological polar surface area (TPSA) is 59.6 Å². The van der Waals surface area contributed by atoms with E-state index in [4.69, 9.17) is 21.1 Å². The van der Waals surface area contributed by atoms with Crippen molar-refractivity contribution in [2.45, 2.75) is 6.92 Å². The van der Waals surface area contributed by atoms with E-state index in [9.17, 15) is 0 Å². The number of furan rings is 1. The van der Waals surface area contributed by atoms with E-state index in [1.807, 2.05) is 90.6 Å². The molecule has 5 nitrogen and oxygen atoms in total. The first kappa shape index (κ1) is 17.5. The maximum atomic E-state index is 6.04. The summed E-state index contributed by atoms with van der Waals surface area (Å²) < 4.78 is 7.56. The van der Waals surface area contributed by atoms with Crippen molar-refractivity contribution in [2.75, 3.05) is 0 Å². The maximum absolute atomic E-state index is 6.04. The van der Waals surface area contributed by atoms with Gasteiger partial charge in [0.15, 0.2) is 5.76 Å². The molecule has 3 heterocycles. The number of hydrogen-bond acceptors (Lipinski definition) is 3. The Morgan fingerprint density at radius 3 is 2.48 bits per heavy atom. The van der Waals surface area contributed by atoms with Gasteiger partial charge in [0.1, 0.15) is 17.1 Å². The van der Waals surface area contributed by atoms with Gasteiger partial charge in [0.2, 0.25) is 0 Å². The number of aromatic nitrogens is 4. The minimum absolute atomic E-state index is 0.690. The Balaban J connectivity index is 1.63. The third-order valence-electron chi connectivity index (χ3n) is 4.71. The van der Waals surface area contributed by atoms with Gasteiger partial charge in [0, 0.05) is 22.3 Å². The lowest BCUT2D eigenvalue weighted by Crippen LogP contribution is -1.94. The van der Waals surface area contributed by atoms with Gasteiger partial charge < -0.3 is 4.42 Å². The quantitative estimate of drug-likeness (QED) is 0.393. The summed E-state index contributed by atoms with van der Waals surface area (Å²) in [5.41, 5.74) is 5.36. The van der Waals surface area contributed by atoms with Gasteiger partial charge in [-0.25, -0.2) is 4.68 Å². The van der Waals surface area contributed by atoms with Gasteiger partial charge in [-0.1, -0.05) is 41.9 Å². The molecule has 0 atom stereocenters. The summed E-state index contributed by atoms with van der Waals surface area (Å²) in [7, 11) is 0. The SMILES string of the molecule is Cc1ccc(-c2cc(-c3cn(-c4ccc(Cl)cc4)nc3-c3ccccc3)n[nH]2)o1. The van der Waals surface area contributed by atoms with E-state index in [-0.39, 0.29) is 0 Å². The molecule has 5 rings (SSSR count). The predicted molar refractivity (Wildman–Crippen MR) is 114 cm³/mol. The first-order valence-electron chi connectivity index (χ1n) is 9.21. The average Bonchev–Trinajstić information content (AvgIpc) is 3.48. The molecule has 0 aliphatic rings. The number of aryl methyl sites for hydroxylation is 1. The van der Waals surface area contributed by atoms with Crippen LogP contribution in [0.2, 0.25) is 5.02 Å². The zero-order valence-electron chi connectivity index (χ0n) is 15.6. The van der Waals surface area contributed by atoms with Crippen LogP contribution in [0.5, 0.6) is 0 Å². The summed E-state index contributed by atoms with van der Waals surface area (Å²) in [6, 6.07) is 23.5. The second-order valence-corrected chi connectivity index (χ2v) is 7.19. The van der Waals surface area contributed by atoms with Gasteiger partial charge in [-0.05, 0) is 49.4 Å². The van der Waals surface area contributed by atoms with Gasteiger partial charge in [-0.3, -0.25) is 5.10 Å². The van der Waals surface area contributed by atoms with Gasteiger partial charge in [-0.2, -0.15) is 10.2 Å². The normalized spacial score (nSPS) is 11.1. The molecule has 0 bridgehead atoms. The fourth-order valence-corrected chi connectivity index (χ4v) is 3.39. The van der Waals surface area contributed by atoms with E-state index < -0.39 is 0 Å². The molecule has 0 aliphatic heterocycles. The number of nitrogens with zero attached hydrogens (tertiary/aromatic N) is 3. The standard InChI is InChI=1S/C23H17ClN4O/c1-15-7-12-22(29-15)21-13-20(25-26-21)19-14-28(18-10-8-17(24)9-11-18)27-23(19)16-5-3-2-4-6-16/h2-14H,1H3,(H,25,26). The van der Waals surface area contributed by atoms with Crippen LogP contribution in [-0.2, 0) is 0 Å². The first-order chi connectivity index (χ1) is 14.2. The largest absolute Gasteiger partial charge is 0.460 e. The summed E-state index contributed by atoms with van der Waals surface area (Å²) >= 11 is 6.04. The van der Waals surface area contributed by atoms with Crippen LogP contribution in [0.1, 0.15) is 5.76 Å². The number of aromatic amines is 1. The first-order valence-corrected chi connectivity index (χ1v) is 9.59. The van der Waals surface area contributed by atoms with Crippen LogP contribution >= 0.6 is 11.6 Å². The molecular weight excluding hydrogens is 384 g/mol. The Hall–Kier alpha value is -3.57. The van der Waals surface area contributed by atoms with Crippen LogP contribution in [0.4, 0.5) is 0 Å². The maximum Gasteiger partial charge on any atom is 0.152 e. The van der Waals surface area contributed by atoms with Crippen molar-refractivity contribution in [3.05, 3.63) is 89.8 Å². The van der Waals surface area contributed by atoms with E-state index in [0.717, 1.165) is 45.4 Å². The van der Waals surface area contributed by atoms with Crippen LogP contribution in [0.3, 0.4) is 0 Å². The number of hydrogen-bond donors (Lipinski definition) is 1. The monoisotopic (exact) mass is 400 g/mol. The molecule has 29 heavy (non-hydrogen) atoms.